The summed E-state index contributed by atoms with van der Waals surface area (Å²) in [4.78, 5) is 7.63. The van der Waals surface area contributed by atoms with E-state index in [-0.39, 0.29) is 6.04 Å². The first-order valence-corrected chi connectivity index (χ1v) is 5.36. The molecule has 14 heavy (non-hydrogen) atoms. The number of hydrogen-bond acceptors (Lipinski definition) is 2. The number of rotatable bonds is 4. The summed E-state index contributed by atoms with van der Waals surface area (Å²) < 4.78 is 0. The van der Waals surface area contributed by atoms with Crippen LogP contribution in [-0.2, 0) is 0 Å². The molecule has 2 unspecified atom stereocenters. The predicted octanol–water partition coefficient (Wildman–Crippen LogP) is 2.58. The molecule has 3 heteroatoms. The fourth-order valence-corrected chi connectivity index (χ4v) is 1.31. The summed E-state index contributed by atoms with van der Waals surface area (Å²) in [6.07, 6.45) is 3.03. The van der Waals surface area contributed by atoms with Crippen molar-refractivity contribution in [2.24, 2.45) is 11.7 Å². The van der Waals surface area contributed by atoms with Crippen LogP contribution in [0.2, 0.25) is 0 Å². The highest BCUT2D eigenvalue weighted by Crippen LogP contribution is 2.20. The largest absolute Gasteiger partial charge is 0.344 e. The number of nitrogens with one attached hydrogen (secondary N) is 1. The molecule has 0 aliphatic heterocycles. The summed E-state index contributed by atoms with van der Waals surface area (Å²) in [6, 6.07) is 0.0211. The number of H-pyrrole nitrogens is 1. The van der Waals surface area contributed by atoms with E-state index in [0.717, 1.165) is 12.2 Å². The maximum Gasteiger partial charge on any atom is 0.123 e. The van der Waals surface area contributed by atoms with Crippen LogP contribution in [0.4, 0.5) is 0 Å². The molecule has 0 aliphatic rings. The van der Waals surface area contributed by atoms with Gasteiger partial charge in [0.1, 0.15) is 5.82 Å². The minimum atomic E-state index is 0.0211. The van der Waals surface area contributed by atoms with E-state index in [0.29, 0.717) is 11.8 Å². The smallest absolute Gasteiger partial charge is 0.123 e. The molecule has 0 amide bonds. The molecule has 0 aromatic carbocycles. The minimum Gasteiger partial charge on any atom is -0.344 e. The molecule has 1 aromatic rings. The van der Waals surface area contributed by atoms with Crippen LogP contribution >= 0.6 is 0 Å². The molecular formula is C11H21N3. The van der Waals surface area contributed by atoms with Crippen LogP contribution in [0.3, 0.4) is 0 Å². The quantitative estimate of drug-likeness (QED) is 0.775. The van der Waals surface area contributed by atoms with Crippen LogP contribution in [0.5, 0.6) is 0 Å². The maximum absolute atomic E-state index is 6.00. The maximum atomic E-state index is 6.00. The highest BCUT2D eigenvalue weighted by Gasteiger charge is 2.15. The number of nitrogens with zero attached hydrogens (tertiary/aromatic N) is 1. The van der Waals surface area contributed by atoms with Crippen LogP contribution in [-0.4, -0.2) is 9.97 Å². The second-order valence-electron chi connectivity index (χ2n) is 4.30. The van der Waals surface area contributed by atoms with E-state index in [4.69, 9.17) is 5.73 Å². The minimum absolute atomic E-state index is 0.0211. The first-order valence-electron chi connectivity index (χ1n) is 5.36. The standard InChI is InChI=1S/C11H21N3/c1-5-8(4)9-6-13-11(14-9)10(12)7(2)3/h6-8,10H,5,12H2,1-4H3,(H,13,14). The average Bonchev–Trinajstić information content (AvgIpc) is 2.64. The van der Waals surface area contributed by atoms with Crippen molar-refractivity contribution in [2.45, 2.75) is 46.1 Å². The first-order chi connectivity index (χ1) is 6.56. The number of nitrogens with two attached hydrogens (primary N) is 1. The summed E-state index contributed by atoms with van der Waals surface area (Å²) in [7, 11) is 0. The summed E-state index contributed by atoms with van der Waals surface area (Å²) in [5, 5.41) is 0. The van der Waals surface area contributed by atoms with Gasteiger partial charge in [-0.05, 0) is 18.3 Å². The molecule has 0 bridgehead atoms. The van der Waals surface area contributed by atoms with E-state index in [2.05, 4.69) is 37.7 Å². The molecule has 0 saturated carbocycles. The van der Waals surface area contributed by atoms with Gasteiger partial charge in [0.2, 0.25) is 0 Å². The third-order valence-corrected chi connectivity index (χ3v) is 2.79. The molecule has 0 spiro atoms. The first kappa shape index (κ1) is 11.2. The Kier molecular flexibility index (Phi) is 3.69. The third-order valence-electron chi connectivity index (χ3n) is 2.79. The monoisotopic (exact) mass is 195 g/mol. The summed E-state index contributed by atoms with van der Waals surface area (Å²) in [5.74, 6) is 1.87. The van der Waals surface area contributed by atoms with E-state index < -0.39 is 0 Å². The average molecular weight is 195 g/mol. The van der Waals surface area contributed by atoms with Crippen LogP contribution < -0.4 is 5.73 Å². The molecule has 1 rings (SSSR count). The predicted molar refractivity (Wildman–Crippen MR) is 59.1 cm³/mol. The Hall–Kier alpha value is -0.830. The van der Waals surface area contributed by atoms with Gasteiger partial charge in [-0.15, -0.1) is 0 Å². The van der Waals surface area contributed by atoms with E-state index in [1.165, 1.54) is 5.69 Å². The van der Waals surface area contributed by atoms with E-state index in [9.17, 15) is 0 Å². The SMILES string of the molecule is CCC(C)c1cnc(C(N)C(C)C)[nH]1. The van der Waals surface area contributed by atoms with Gasteiger partial charge >= 0.3 is 0 Å². The van der Waals surface area contributed by atoms with Gasteiger partial charge < -0.3 is 10.7 Å². The molecule has 3 nitrogen and oxygen atoms in total. The summed E-state index contributed by atoms with van der Waals surface area (Å²) in [5.41, 5.74) is 7.19. The zero-order valence-electron chi connectivity index (χ0n) is 9.54. The number of aromatic amines is 1. The lowest BCUT2D eigenvalue weighted by atomic mass is 10.0. The number of hydrogen-bond donors (Lipinski definition) is 2. The van der Waals surface area contributed by atoms with Gasteiger partial charge in [0, 0.05) is 11.9 Å². The normalized spacial score (nSPS) is 15.9. The summed E-state index contributed by atoms with van der Waals surface area (Å²) in [6.45, 7) is 8.58. The molecule has 0 radical (unpaired) electrons. The molecule has 80 valence electrons. The zero-order chi connectivity index (χ0) is 10.7. The van der Waals surface area contributed by atoms with Crippen LogP contribution in [0.25, 0.3) is 0 Å². The number of aromatic nitrogens is 2. The van der Waals surface area contributed by atoms with E-state index in [1.807, 2.05) is 6.20 Å². The van der Waals surface area contributed by atoms with Gasteiger partial charge in [0.15, 0.2) is 0 Å². The molecule has 1 aromatic heterocycles. The summed E-state index contributed by atoms with van der Waals surface area (Å²) >= 11 is 0. The van der Waals surface area contributed by atoms with Crippen molar-refractivity contribution < 1.29 is 0 Å². The van der Waals surface area contributed by atoms with Crippen LogP contribution in [0.1, 0.15) is 57.6 Å². The van der Waals surface area contributed by atoms with Crippen LogP contribution in [0.15, 0.2) is 6.20 Å². The fraction of sp³-hybridized carbons (Fsp3) is 0.727. The Morgan fingerprint density at radius 3 is 2.57 bits per heavy atom. The van der Waals surface area contributed by atoms with E-state index in [1.54, 1.807) is 0 Å². The second kappa shape index (κ2) is 4.60. The fourth-order valence-electron chi connectivity index (χ4n) is 1.31. The van der Waals surface area contributed by atoms with Crippen LogP contribution in [0, 0.1) is 5.92 Å². The van der Waals surface area contributed by atoms with Gasteiger partial charge in [0.25, 0.3) is 0 Å². The molecular weight excluding hydrogens is 174 g/mol. The lowest BCUT2D eigenvalue weighted by Gasteiger charge is -2.12. The van der Waals surface area contributed by atoms with Gasteiger partial charge in [-0.3, -0.25) is 0 Å². The number of imidazole rings is 1. The van der Waals surface area contributed by atoms with Crippen molar-refractivity contribution in [2.75, 3.05) is 0 Å². The Balaban J connectivity index is 2.77. The highest BCUT2D eigenvalue weighted by atomic mass is 15.0. The Morgan fingerprint density at radius 2 is 2.07 bits per heavy atom. The van der Waals surface area contributed by atoms with Crippen molar-refractivity contribution in [3.8, 4) is 0 Å². The molecule has 0 aliphatic carbocycles. The molecule has 3 N–H and O–H groups in total. The zero-order valence-corrected chi connectivity index (χ0v) is 9.54. The Morgan fingerprint density at radius 1 is 1.43 bits per heavy atom. The van der Waals surface area contributed by atoms with Crippen molar-refractivity contribution in [3.05, 3.63) is 17.7 Å². The highest BCUT2D eigenvalue weighted by molar-refractivity contribution is 5.09. The molecule has 0 saturated heterocycles. The van der Waals surface area contributed by atoms with Gasteiger partial charge in [-0.1, -0.05) is 27.7 Å². The van der Waals surface area contributed by atoms with Crippen molar-refractivity contribution in [1.29, 1.82) is 0 Å². The van der Waals surface area contributed by atoms with Gasteiger partial charge in [-0.2, -0.15) is 0 Å². The molecule has 0 fully saturated rings. The van der Waals surface area contributed by atoms with Crippen molar-refractivity contribution >= 4 is 0 Å². The van der Waals surface area contributed by atoms with Crippen molar-refractivity contribution in [1.82, 2.24) is 9.97 Å². The topological polar surface area (TPSA) is 54.7 Å². The lowest BCUT2D eigenvalue weighted by molar-refractivity contribution is 0.492. The lowest BCUT2D eigenvalue weighted by Crippen LogP contribution is -2.18. The third kappa shape index (κ3) is 2.35. The van der Waals surface area contributed by atoms with Gasteiger partial charge in [-0.25, -0.2) is 4.98 Å². The van der Waals surface area contributed by atoms with Crippen molar-refractivity contribution in [3.63, 3.8) is 0 Å². The Bertz CT molecular complexity index is 278. The van der Waals surface area contributed by atoms with Gasteiger partial charge in [0.05, 0.1) is 6.04 Å². The molecule has 1 heterocycles. The molecule has 2 atom stereocenters. The van der Waals surface area contributed by atoms with E-state index >= 15 is 0 Å². The Labute approximate surface area is 86.1 Å². The second-order valence-corrected chi connectivity index (χ2v) is 4.30.